The normalized spacial score (nSPS) is 16.0. The van der Waals surface area contributed by atoms with Crippen LogP contribution in [0.3, 0.4) is 0 Å². The van der Waals surface area contributed by atoms with E-state index in [0.29, 0.717) is 11.4 Å². The molecule has 0 aromatic heterocycles. The zero-order valence-electron chi connectivity index (χ0n) is 12.1. The molecule has 1 aromatic rings. The number of thioether (sulfide) groups is 2. The quantitative estimate of drug-likeness (QED) is 0.668. The number of anilines is 1. The molecule has 2 rings (SSSR count). The lowest BCUT2D eigenvalue weighted by Gasteiger charge is -2.26. The molecule has 0 spiro atoms. The van der Waals surface area contributed by atoms with Crippen molar-refractivity contribution in [2.24, 2.45) is 0 Å². The lowest BCUT2D eigenvalue weighted by Crippen LogP contribution is -2.31. The average molecular weight is 322 g/mol. The van der Waals surface area contributed by atoms with Gasteiger partial charge in [0.25, 0.3) is 5.91 Å². The zero-order valence-corrected chi connectivity index (χ0v) is 13.7. The van der Waals surface area contributed by atoms with Crippen LogP contribution in [0.1, 0.15) is 6.42 Å². The fourth-order valence-corrected chi connectivity index (χ4v) is 3.46. The van der Waals surface area contributed by atoms with Gasteiger partial charge in [0, 0.05) is 24.6 Å². The molecule has 0 saturated heterocycles. The Morgan fingerprint density at radius 1 is 1.43 bits per heavy atom. The molecule has 1 aromatic carbocycles. The van der Waals surface area contributed by atoms with Gasteiger partial charge in [0.05, 0.1) is 10.6 Å². The number of nitrogens with zero attached hydrogens (tertiary/aromatic N) is 1. The summed E-state index contributed by atoms with van der Waals surface area (Å²) in [5, 5.41) is 2.81. The summed E-state index contributed by atoms with van der Waals surface area (Å²) in [5.41, 5.74) is 0.880. The van der Waals surface area contributed by atoms with Crippen molar-refractivity contribution < 1.29 is 9.59 Å². The zero-order chi connectivity index (χ0) is 15.2. The molecule has 0 fully saturated rings. The first-order chi connectivity index (χ1) is 10.1. The van der Waals surface area contributed by atoms with Gasteiger partial charge >= 0.3 is 0 Å². The van der Waals surface area contributed by atoms with Gasteiger partial charge in [-0.15, -0.1) is 0 Å². The molecular formula is C15H18N2O2S2. The highest BCUT2D eigenvalue weighted by atomic mass is 32.2. The Hall–Kier alpha value is -1.40. The highest BCUT2D eigenvalue weighted by molar-refractivity contribution is 8.04. The van der Waals surface area contributed by atoms with E-state index in [9.17, 15) is 9.59 Å². The first-order valence-electron chi connectivity index (χ1n) is 6.67. The van der Waals surface area contributed by atoms with E-state index >= 15 is 0 Å². The van der Waals surface area contributed by atoms with Gasteiger partial charge in [-0.3, -0.25) is 9.59 Å². The van der Waals surface area contributed by atoms with Crippen molar-refractivity contribution in [2.75, 3.05) is 30.5 Å². The number of benzene rings is 1. The summed E-state index contributed by atoms with van der Waals surface area (Å²) in [7, 11) is 1.73. The van der Waals surface area contributed by atoms with E-state index in [2.05, 4.69) is 5.32 Å². The summed E-state index contributed by atoms with van der Waals surface area (Å²) in [6, 6.07) is 7.68. The topological polar surface area (TPSA) is 49.4 Å². The SMILES string of the molecule is CSCCCNC(=O)/C=C1/Sc2ccccc2N(C)C1=O. The first-order valence-corrected chi connectivity index (χ1v) is 8.88. The highest BCUT2D eigenvalue weighted by Crippen LogP contribution is 2.40. The predicted octanol–water partition coefficient (Wildman–Crippen LogP) is 2.51. The number of rotatable bonds is 5. The molecule has 21 heavy (non-hydrogen) atoms. The lowest BCUT2D eigenvalue weighted by molar-refractivity contribution is -0.117. The van der Waals surface area contributed by atoms with Crippen molar-refractivity contribution in [2.45, 2.75) is 11.3 Å². The maximum atomic E-state index is 12.3. The fourth-order valence-electron chi connectivity index (χ4n) is 1.95. The average Bonchev–Trinajstić information content (AvgIpc) is 2.49. The van der Waals surface area contributed by atoms with Gasteiger partial charge in [-0.2, -0.15) is 11.8 Å². The molecule has 0 saturated carbocycles. The molecule has 0 radical (unpaired) electrons. The lowest BCUT2D eigenvalue weighted by atomic mass is 10.2. The largest absolute Gasteiger partial charge is 0.352 e. The molecule has 112 valence electrons. The van der Waals surface area contributed by atoms with Gasteiger partial charge in [0.2, 0.25) is 5.91 Å². The predicted molar refractivity (Wildman–Crippen MR) is 89.8 cm³/mol. The molecule has 1 aliphatic rings. The van der Waals surface area contributed by atoms with Crippen LogP contribution in [-0.4, -0.2) is 37.4 Å². The van der Waals surface area contributed by atoms with E-state index in [1.807, 2.05) is 30.5 Å². The molecular weight excluding hydrogens is 304 g/mol. The van der Waals surface area contributed by atoms with Crippen molar-refractivity contribution in [3.8, 4) is 0 Å². The molecule has 4 nitrogen and oxygen atoms in total. The van der Waals surface area contributed by atoms with Gasteiger partial charge in [-0.25, -0.2) is 0 Å². The molecule has 2 amide bonds. The Morgan fingerprint density at radius 3 is 2.95 bits per heavy atom. The number of carbonyl (C=O) groups is 2. The van der Waals surface area contributed by atoms with Gasteiger partial charge in [-0.1, -0.05) is 23.9 Å². The van der Waals surface area contributed by atoms with E-state index in [-0.39, 0.29) is 11.8 Å². The Labute approximate surface area is 133 Å². The number of nitrogens with one attached hydrogen (secondary N) is 1. The Kier molecular flexibility index (Phi) is 5.76. The van der Waals surface area contributed by atoms with Crippen molar-refractivity contribution in [1.82, 2.24) is 5.32 Å². The highest BCUT2D eigenvalue weighted by Gasteiger charge is 2.26. The minimum absolute atomic E-state index is 0.141. The standard InChI is InChI=1S/C15H18N2O2S2/c1-17-11-6-3-4-7-12(11)21-13(15(17)19)10-14(18)16-8-5-9-20-2/h3-4,6-7,10H,5,8-9H2,1-2H3,(H,16,18)/b13-10+. The molecule has 1 heterocycles. The number of hydrogen-bond donors (Lipinski definition) is 1. The maximum Gasteiger partial charge on any atom is 0.265 e. The molecule has 0 aliphatic carbocycles. The second-order valence-corrected chi connectivity index (χ2v) is 6.65. The van der Waals surface area contributed by atoms with Crippen LogP contribution < -0.4 is 10.2 Å². The minimum Gasteiger partial charge on any atom is -0.352 e. The molecule has 0 unspecified atom stereocenters. The Balaban J connectivity index is 2.05. The second-order valence-electron chi connectivity index (χ2n) is 4.58. The van der Waals surface area contributed by atoms with Gasteiger partial charge in [0.1, 0.15) is 0 Å². The summed E-state index contributed by atoms with van der Waals surface area (Å²) in [6.07, 6.45) is 4.37. The third kappa shape index (κ3) is 4.04. The smallest absolute Gasteiger partial charge is 0.265 e. The number of carbonyl (C=O) groups excluding carboxylic acids is 2. The van der Waals surface area contributed by atoms with Crippen LogP contribution in [0.25, 0.3) is 0 Å². The number of likely N-dealkylation sites (N-methyl/N-ethyl adjacent to an activating group) is 1. The van der Waals surface area contributed by atoms with Crippen LogP contribution in [0.5, 0.6) is 0 Å². The van der Waals surface area contributed by atoms with Gasteiger partial charge < -0.3 is 10.2 Å². The Bertz CT molecular complexity index is 573. The van der Waals surface area contributed by atoms with Crippen molar-refractivity contribution >= 4 is 41.0 Å². The van der Waals surface area contributed by atoms with Crippen molar-refractivity contribution in [3.63, 3.8) is 0 Å². The van der Waals surface area contributed by atoms with Gasteiger partial charge in [0.15, 0.2) is 0 Å². The van der Waals surface area contributed by atoms with E-state index in [0.717, 1.165) is 22.8 Å². The van der Waals surface area contributed by atoms with E-state index < -0.39 is 0 Å². The number of hydrogen-bond acceptors (Lipinski definition) is 4. The first kappa shape index (κ1) is 16.0. The third-order valence-corrected chi connectivity index (χ3v) is 4.82. The van der Waals surface area contributed by atoms with Crippen molar-refractivity contribution in [3.05, 3.63) is 35.2 Å². The summed E-state index contributed by atoms with van der Waals surface area (Å²) in [5.74, 6) is 0.665. The number of amides is 2. The third-order valence-electron chi connectivity index (χ3n) is 3.05. The summed E-state index contributed by atoms with van der Waals surface area (Å²) in [6.45, 7) is 0.634. The molecule has 0 bridgehead atoms. The summed E-state index contributed by atoms with van der Waals surface area (Å²) in [4.78, 5) is 27.1. The number of para-hydroxylation sites is 1. The van der Waals surface area contributed by atoms with Crippen LogP contribution in [-0.2, 0) is 9.59 Å². The molecule has 0 atom stereocenters. The Morgan fingerprint density at radius 2 is 2.19 bits per heavy atom. The van der Waals surface area contributed by atoms with Crippen LogP contribution in [0.15, 0.2) is 40.1 Å². The van der Waals surface area contributed by atoms with Crippen LogP contribution in [0.2, 0.25) is 0 Å². The van der Waals surface area contributed by atoms with Crippen LogP contribution in [0, 0.1) is 0 Å². The fraction of sp³-hybridized carbons (Fsp3) is 0.333. The molecule has 1 N–H and O–H groups in total. The van der Waals surface area contributed by atoms with E-state index in [4.69, 9.17) is 0 Å². The monoisotopic (exact) mass is 322 g/mol. The van der Waals surface area contributed by atoms with E-state index in [1.165, 1.54) is 17.8 Å². The van der Waals surface area contributed by atoms with Crippen molar-refractivity contribution in [1.29, 1.82) is 0 Å². The molecule has 6 heteroatoms. The van der Waals surface area contributed by atoms with Crippen LogP contribution in [0.4, 0.5) is 5.69 Å². The van der Waals surface area contributed by atoms with E-state index in [1.54, 1.807) is 23.7 Å². The minimum atomic E-state index is -0.209. The second kappa shape index (κ2) is 7.56. The number of fused-ring (bicyclic) bond motifs is 1. The summed E-state index contributed by atoms with van der Waals surface area (Å²) >= 11 is 3.10. The summed E-state index contributed by atoms with van der Waals surface area (Å²) < 4.78 is 0. The maximum absolute atomic E-state index is 12.3. The van der Waals surface area contributed by atoms with Gasteiger partial charge in [-0.05, 0) is 30.6 Å². The van der Waals surface area contributed by atoms with Crippen LogP contribution >= 0.6 is 23.5 Å². The molecule has 1 aliphatic heterocycles.